The van der Waals surface area contributed by atoms with Crippen molar-refractivity contribution >= 4 is 21.8 Å². The Morgan fingerprint density at radius 1 is 1.67 bits per heavy atom. The molecule has 15 heavy (non-hydrogen) atoms. The van der Waals surface area contributed by atoms with Crippen molar-refractivity contribution in [3.63, 3.8) is 0 Å². The standard InChI is InChI=1S/C10H15BrN2O2/c1-7(10-8(11)4-6-15-10)13-5-3-9(14)12-2/h4,6-7,13H,3,5H2,1-2H3,(H,12,14). The minimum atomic E-state index is 0.0354. The third-order valence-electron chi connectivity index (χ3n) is 2.12. The summed E-state index contributed by atoms with van der Waals surface area (Å²) < 4.78 is 6.25. The van der Waals surface area contributed by atoms with Crippen molar-refractivity contribution in [2.45, 2.75) is 19.4 Å². The molecule has 1 atom stereocenters. The van der Waals surface area contributed by atoms with Crippen LogP contribution in [0.25, 0.3) is 0 Å². The van der Waals surface area contributed by atoms with Gasteiger partial charge in [0.15, 0.2) is 0 Å². The molecule has 0 radical (unpaired) electrons. The third kappa shape index (κ3) is 3.68. The monoisotopic (exact) mass is 274 g/mol. The van der Waals surface area contributed by atoms with E-state index in [2.05, 4.69) is 26.6 Å². The van der Waals surface area contributed by atoms with Gasteiger partial charge in [-0.05, 0) is 28.9 Å². The molecule has 4 nitrogen and oxygen atoms in total. The van der Waals surface area contributed by atoms with Gasteiger partial charge in [-0.1, -0.05) is 0 Å². The first-order chi connectivity index (χ1) is 7.15. The van der Waals surface area contributed by atoms with Gasteiger partial charge in [0, 0.05) is 20.0 Å². The number of hydrogen-bond acceptors (Lipinski definition) is 3. The normalized spacial score (nSPS) is 12.5. The summed E-state index contributed by atoms with van der Waals surface area (Å²) in [7, 11) is 1.63. The van der Waals surface area contributed by atoms with Gasteiger partial charge in [0.25, 0.3) is 0 Å². The molecule has 0 aliphatic rings. The Bertz CT molecular complexity index is 325. The Balaban J connectivity index is 2.34. The zero-order valence-corrected chi connectivity index (χ0v) is 10.4. The fourth-order valence-electron chi connectivity index (χ4n) is 1.23. The fraction of sp³-hybridized carbons (Fsp3) is 0.500. The van der Waals surface area contributed by atoms with Gasteiger partial charge >= 0.3 is 0 Å². The number of carbonyl (C=O) groups is 1. The number of hydrogen-bond donors (Lipinski definition) is 2. The predicted molar refractivity (Wildman–Crippen MR) is 61.5 cm³/mol. The second-order valence-electron chi connectivity index (χ2n) is 3.23. The highest BCUT2D eigenvalue weighted by atomic mass is 79.9. The summed E-state index contributed by atoms with van der Waals surface area (Å²) in [5, 5.41) is 5.78. The molecule has 0 aliphatic heterocycles. The van der Waals surface area contributed by atoms with Crippen LogP contribution in [0.4, 0.5) is 0 Å². The summed E-state index contributed by atoms with van der Waals surface area (Å²) in [5.74, 6) is 0.889. The summed E-state index contributed by atoms with van der Waals surface area (Å²) in [6, 6.07) is 1.95. The van der Waals surface area contributed by atoms with Gasteiger partial charge in [-0.15, -0.1) is 0 Å². The van der Waals surface area contributed by atoms with E-state index < -0.39 is 0 Å². The van der Waals surface area contributed by atoms with Crippen LogP contribution < -0.4 is 10.6 Å². The van der Waals surface area contributed by atoms with Crippen LogP contribution >= 0.6 is 15.9 Å². The quantitative estimate of drug-likeness (QED) is 0.862. The van der Waals surface area contributed by atoms with Crippen molar-refractivity contribution in [3.8, 4) is 0 Å². The summed E-state index contributed by atoms with van der Waals surface area (Å²) in [4.78, 5) is 11.0. The van der Waals surface area contributed by atoms with Gasteiger partial charge in [0.1, 0.15) is 5.76 Å². The molecule has 0 bridgehead atoms. The second kappa shape index (κ2) is 5.92. The first kappa shape index (κ1) is 12.3. The summed E-state index contributed by atoms with van der Waals surface area (Å²) >= 11 is 3.39. The lowest BCUT2D eigenvalue weighted by Crippen LogP contribution is -2.26. The third-order valence-corrected chi connectivity index (χ3v) is 2.77. The predicted octanol–water partition coefficient (Wildman–Crippen LogP) is 1.83. The second-order valence-corrected chi connectivity index (χ2v) is 4.09. The van der Waals surface area contributed by atoms with E-state index in [1.165, 1.54) is 0 Å². The van der Waals surface area contributed by atoms with Gasteiger partial charge < -0.3 is 15.1 Å². The molecule has 0 aliphatic carbocycles. The zero-order valence-electron chi connectivity index (χ0n) is 8.84. The Kier molecular flexibility index (Phi) is 4.84. The lowest BCUT2D eigenvalue weighted by atomic mass is 10.2. The van der Waals surface area contributed by atoms with E-state index in [1.54, 1.807) is 13.3 Å². The van der Waals surface area contributed by atoms with E-state index in [0.717, 1.165) is 10.2 Å². The zero-order chi connectivity index (χ0) is 11.3. The average molecular weight is 275 g/mol. The molecule has 2 N–H and O–H groups in total. The van der Waals surface area contributed by atoms with Crippen molar-refractivity contribution in [2.24, 2.45) is 0 Å². The molecule has 1 amide bonds. The summed E-state index contributed by atoms with van der Waals surface area (Å²) in [6.45, 7) is 2.63. The molecule has 0 aromatic carbocycles. The first-order valence-electron chi connectivity index (χ1n) is 4.82. The Morgan fingerprint density at radius 2 is 2.40 bits per heavy atom. The number of furan rings is 1. The summed E-state index contributed by atoms with van der Waals surface area (Å²) in [6.07, 6.45) is 2.11. The van der Waals surface area contributed by atoms with Crippen LogP contribution in [0.3, 0.4) is 0 Å². The average Bonchev–Trinajstić information content (AvgIpc) is 2.64. The van der Waals surface area contributed by atoms with Crippen LogP contribution in [0.5, 0.6) is 0 Å². The maximum Gasteiger partial charge on any atom is 0.221 e. The van der Waals surface area contributed by atoms with Crippen molar-refractivity contribution in [1.29, 1.82) is 0 Å². The number of rotatable bonds is 5. The van der Waals surface area contributed by atoms with Crippen LogP contribution in [-0.4, -0.2) is 19.5 Å². The Morgan fingerprint density at radius 3 is 2.93 bits per heavy atom. The lowest BCUT2D eigenvalue weighted by Gasteiger charge is -2.11. The van der Waals surface area contributed by atoms with Gasteiger partial charge in [0.2, 0.25) is 5.91 Å². The van der Waals surface area contributed by atoms with Gasteiger partial charge in [-0.25, -0.2) is 0 Å². The fourth-order valence-corrected chi connectivity index (χ4v) is 1.78. The molecule has 1 aromatic rings. The molecule has 0 fully saturated rings. The first-order valence-corrected chi connectivity index (χ1v) is 5.61. The Labute approximate surface area is 97.5 Å². The van der Waals surface area contributed by atoms with E-state index in [0.29, 0.717) is 13.0 Å². The highest BCUT2D eigenvalue weighted by Gasteiger charge is 2.12. The molecule has 1 unspecified atom stereocenters. The minimum Gasteiger partial charge on any atom is -0.466 e. The molecular formula is C10H15BrN2O2. The maximum atomic E-state index is 11.0. The van der Waals surface area contributed by atoms with E-state index in [-0.39, 0.29) is 11.9 Å². The smallest absolute Gasteiger partial charge is 0.221 e. The van der Waals surface area contributed by atoms with Gasteiger partial charge in [0.05, 0.1) is 16.8 Å². The van der Waals surface area contributed by atoms with E-state index in [4.69, 9.17) is 4.42 Å². The maximum absolute atomic E-state index is 11.0. The topological polar surface area (TPSA) is 54.3 Å². The van der Waals surface area contributed by atoms with Gasteiger partial charge in [-0.2, -0.15) is 0 Å². The number of halogens is 1. The lowest BCUT2D eigenvalue weighted by molar-refractivity contribution is -0.120. The molecule has 1 rings (SSSR count). The molecule has 5 heteroatoms. The van der Waals surface area contributed by atoms with Crippen molar-refractivity contribution < 1.29 is 9.21 Å². The molecule has 84 valence electrons. The van der Waals surface area contributed by atoms with Crippen LogP contribution in [-0.2, 0) is 4.79 Å². The Hall–Kier alpha value is -0.810. The number of nitrogens with one attached hydrogen (secondary N) is 2. The van der Waals surface area contributed by atoms with Crippen LogP contribution in [0, 0.1) is 0 Å². The molecular weight excluding hydrogens is 260 g/mol. The highest BCUT2D eigenvalue weighted by molar-refractivity contribution is 9.10. The molecule has 1 heterocycles. The van der Waals surface area contributed by atoms with Crippen LogP contribution in [0.15, 0.2) is 21.2 Å². The molecule has 0 saturated heterocycles. The van der Waals surface area contributed by atoms with E-state index in [1.807, 2.05) is 13.0 Å². The van der Waals surface area contributed by atoms with Crippen LogP contribution in [0.2, 0.25) is 0 Å². The number of carbonyl (C=O) groups excluding carboxylic acids is 1. The molecule has 1 aromatic heterocycles. The van der Waals surface area contributed by atoms with Crippen molar-refractivity contribution in [3.05, 3.63) is 22.6 Å². The largest absolute Gasteiger partial charge is 0.466 e. The SMILES string of the molecule is CNC(=O)CCNC(C)c1occc1Br. The highest BCUT2D eigenvalue weighted by Crippen LogP contribution is 2.23. The van der Waals surface area contributed by atoms with E-state index in [9.17, 15) is 4.79 Å². The number of amides is 1. The van der Waals surface area contributed by atoms with Crippen molar-refractivity contribution in [1.82, 2.24) is 10.6 Å². The van der Waals surface area contributed by atoms with Crippen LogP contribution in [0.1, 0.15) is 25.1 Å². The molecule has 0 spiro atoms. The summed E-state index contributed by atoms with van der Waals surface area (Å²) in [5.41, 5.74) is 0. The van der Waals surface area contributed by atoms with E-state index >= 15 is 0 Å². The minimum absolute atomic E-state index is 0.0354. The van der Waals surface area contributed by atoms with Crippen molar-refractivity contribution in [2.75, 3.05) is 13.6 Å². The molecule has 0 saturated carbocycles. The van der Waals surface area contributed by atoms with Gasteiger partial charge in [-0.3, -0.25) is 4.79 Å².